The third kappa shape index (κ3) is 2.85. The second-order valence-corrected chi connectivity index (χ2v) is 7.23. The van der Waals surface area contributed by atoms with Crippen molar-refractivity contribution in [2.45, 2.75) is 19.9 Å². The maximum atomic E-state index is 13.1. The zero-order valence-corrected chi connectivity index (χ0v) is 15.6. The molecule has 0 radical (unpaired) electrons. The summed E-state index contributed by atoms with van der Waals surface area (Å²) < 4.78 is 0. The Morgan fingerprint density at radius 3 is 2.82 bits per heavy atom. The van der Waals surface area contributed by atoms with Crippen molar-refractivity contribution in [2.24, 2.45) is 0 Å². The van der Waals surface area contributed by atoms with Crippen LogP contribution >= 0.6 is 0 Å². The molecule has 0 spiro atoms. The maximum Gasteiger partial charge on any atom is 0.255 e. The summed E-state index contributed by atoms with van der Waals surface area (Å²) in [7, 11) is 0. The highest BCUT2D eigenvalue weighted by molar-refractivity contribution is 6.03. The van der Waals surface area contributed by atoms with Gasteiger partial charge in [-0.05, 0) is 24.6 Å². The predicted octanol–water partition coefficient (Wildman–Crippen LogP) is 4.13. The molecule has 1 N–H and O–H groups in total. The van der Waals surface area contributed by atoms with Crippen LogP contribution in [0.25, 0.3) is 22.3 Å². The lowest BCUT2D eigenvalue weighted by atomic mass is 10.0. The van der Waals surface area contributed by atoms with Crippen molar-refractivity contribution in [1.29, 1.82) is 0 Å². The van der Waals surface area contributed by atoms with Gasteiger partial charge in [0.05, 0.1) is 11.1 Å². The second-order valence-electron chi connectivity index (χ2n) is 7.23. The Labute approximate surface area is 163 Å². The number of aromatic amines is 1. The quantitative estimate of drug-likeness (QED) is 0.589. The Morgan fingerprint density at radius 2 is 1.96 bits per heavy atom. The van der Waals surface area contributed by atoms with Crippen molar-refractivity contribution < 1.29 is 4.79 Å². The maximum absolute atomic E-state index is 13.1. The monoisotopic (exact) mass is 368 g/mol. The van der Waals surface area contributed by atoms with Gasteiger partial charge in [0.2, 0.25) is 0 Å². The molecule has 2 aromatic heterocycles. The summed E-state index contributed by atoms with van der Waals surface area (Å²) in [5.41, 5.74) is 5.68. The first kappa shape index (κ1) is 16.7. The van der Waals surface area contributed by atoms with Crippen LogP contribution in [0.3, 0.4) is 0 Å². The molecule has 0 unspecified atom stereocenters. The van der Waals surface area contributed by atoms with E-state index >= 15 is 0 Å². The van der Waals surface area contributed by atoms with Crippen molar-refractivity contribution in [3.05, 3.63) is 83.3 Å². The topological polar surface area (TPSA) is 61.9 Å². The lowest BCUT2D eigenvalue weighted by Gasteiger charge is -2.15. The van der Waals surface area contributed by atoms with Crippen molar-refractivity contribution in [3.63, 3.8) is 0 Å². The molecule has 1 amide bonds. The van der Waals surface area contributed by atoms with Crippen LogP contribution in [0, 0.1) is 6.92 Å². The highest BCUT2D eigenvalue weighted by Crippen LogP contribution is 2.31. The van der Waals surface area contributed by atoms with E-state index in [1.165, 1.54) is 0 Å². The lowest BCUT2D eigenvalue weighted by Crippen LogP contribution is -2.26. The summed E-state index contributed by atoms with van der Waals surface area (Å²) in [6, 6.07) is 18.2. The van der Waals surface area contributed by atoms with E-state index in [9.17, 15) is 4.79 Å². The summed E-state index contributed by atoms with van der Waals surface area (Å²) in [6.45, 7) is 3.25. The van der Waals surface area contributed by atoms with Crippen LogP contribution in [0.2, 0.25) is 0 Å². The highest BCUT2D eigenvalue weighted by Gasteiger charge is 2.30. The number of nitrogens with one attached hydrogen (secondary N) is 1. The number of hydrogen-bond acceptors (Lipinski definition) is 3. The van der Waals surface area contributed by atoms with Gasteiger partial charge in [-0.2, -0.15) is 0 Å². The number of benzene rings is 2. The van der Waals surface area contributed by atoms with E-state index in [4.69, 9.17) is 4.98 Å². The third-order valence-electron chi connectivity index (χ3n) is 5.26. The van der Waals surface area contributed by atoms with E-state index in [0.29, 0.717) is 13.1 Å². The van der Waals surface area contributed by atoms with E-state index < -0.39 is 0 Å². The van der Waals surface area contributed by atoms with Gasteiger partial charge >= 0.3 is 0 Å². The number of carbonyl (C=O) groups excluding carboxylic acids is 1. The molecule has 0 aliphatic carbocycles. The number of aromatic nitrogens is 3. The average molecular weight is 368 g/mol. The Morgan fingerprint density at radius 1 is 1.07 bits per heavy atom. The smallest absolute Gasteiger partial charge is 0.255 e. The van der Waals surface area contributed by atoms with Crippen molar-refractivity contribution in [1.82, 2.24) is 19.9 Å². The summed E-state index contributed by atoms with van der Waals surface area (Å²) in [5, 5.41) is 1.13. The van der Waals surface area contributed by atoms with Gasteiger partial charge < -0.3 is 9.88 Å². The third-order valence-corrected chi connectivity index (χ3v) is 5.26. The van der Waals surface area contributed by atoms with E-state index in [-0.39, 0.29) is 5.91 Å². The number of imidazole rings is 1. The number of amides is 1. The first-order chi connectivity index (χ1) is 13.7. The zero-order chi connectivity index (χ0) is 19.1. The van der Waals surface area contributed by atoms with Gasteiger partial charge in [-0.1, -0.05) is 42.5 Å². The molecule has 1 aliphatic rings. The number of fused-ring (bicyclic) bond motifs is 2. The molecule has 5 heteroatoms. The molecule has 0 bridgehead atoms. The Kier molecular flexibility index (Phi) is 3.93. The first-order valence-corrected chi connectivity index (χ1v) is 9.47. The second kappa shape index (κ2) is 6.60. The van der Waals surface area contributed by atoms with Crippen LogP contribution in [0.15, 0.2) is 60.8 Å². The molecule has 1 aliphatic heterocycles. The van der Waals surface area contributed by atoms with Crippen molar-refractivity contribution >= 4 is 16.8 Å². The normalized spacial score (nSPS) is 13.3. The number of para-hydroxylation sites is 1. The fourth-order valence-electron chi connectivity index (χ4n) is 3.84. The molecular weight excluding hydrogens is 348 g/mol. The number of H-pyrrole nitrogens is 1. The number of hydrogen-bond donors (Lipinski definition) is 1. The number of nitrogens with zero attached hydrogens (tertiary/aromatic N) is 3. The minimum Gasteiger partial charge on any atom is -0.342 e. The van der Waals surface area contributed by atoms with Gasteiger partial charge in [-0.15, -0.1) is 0 Å². The SMILES string of the molecule is Cc1cnc(-c2cccc3c2C(=O)N(CCc2ccc4ccccc4n2)C3)[nH]1. The molecule has 5 rings (SSSR count). The van der Waals surface area contributed by atoms with Crippen LogP contribution in [-0.4, -0.2) is 32.3 Å². The van der Waals surface area contributed by atoms with Crippen molar-refractivity contribution in [3.8, 4) is 11.4 Å². The standard InChI is InChI=1S/C23H20N4O/c1-15-13-24-22(25-15)19-7-4-6-17-14-27(23(28)21(17)19)12-11-18-10-9-16-5-2-3-8-20(16)26-18/h2-10,13H,11-12,14H2,1H3,(H,24,25). The van der Waals surface area contributed by atoms with Crippen molar-refractivity contribution in [2.75, 3.05) is 6.54 Å². The molecule has 0 saturated carbocycles. The number of aryl methyl sites for hydroxylation is 1. The largest absolute Gasteiger partial charge is 0.342 e. The fraction of sp³-hybridized carbons (Fsp3) is 0.174. The minimum absolute atomic E-state index is 0.0699. The molecule has 0 saturated heterocycles. The van der Waals surface area contributed by atoms with Gasteiger partial charge in [0.1, 0.15) is 5.82 Å². The highest BCUT2D eigenvalue weighted by atomic mass is 16.2. The van der Waals surface area contributed by atoms with E-state index in [1.807, 2.05) is 54.3 Å². The minimum atomic E-state index is 0.0699. The summed E-state index contributed by atoms with van der Waals surface area (Å²) in [6.07, 6.45) is 2.52. The molecular formula is C23H20N4O. The van der Waals surface area contributed by atoms with Gasteiger partial charge in [0, 0.05) is 48.0 Å². The van der Waals surface area contributed by atoms with Gasteiger partial charge in [-0.25, -0.2) is 4.98 Å². The van der Waals surface area contributed by atoms with Crippen LogP contribution < -0.4 is 0 Å². The zero-order valence-electron chi connectivity index (χ0n) is 15.6. The summed E-state index contributed by atoms with van der Waals surface area (Å²) in [4.78, 5) is 27.4. The molecule has 3 heterocycles. The molecule has 5 nitrogen and oxygen atoms in total. The van der Waals surface area contributed by atoms with Crippen LogP contribution in [-0.2, 0) is 13.0 Å². The van der Waals surface area contributed by atoms with E-state index in [2.05, 4.69) is 22.1 Å². The molecule has 0 fully saturated rings. The lowest BCUT2D eigenvalue weighted by molar-refractivity contribution is 0.0780. The number of pyridine rings is 1. The van der Waals surface area contributed by atoms with Gasteiger partial charge in [0.15, 0.2) is 0 Å². The molecule has 28 heavy (non-hydrogen) atoms. The van der Waals surface area contributed by atoms with Crippen LogP contribution in [0.1, 0.15) is 27.3 Å². The predicted molar refractivity (Wildman–Crippen MR) is 109 cm³/mol. The first-order valence-electron chi connectivity index (χ1n) is 9.47. The van der Waals surface area contributed by atoms with Gasteiger partial charge in [-0.3, -0.25) is 9.78 Å². The summed E-state index contributed by atoms with van der Waals surface area (Å²) in [5.74, 6) is 0.821. The van der Waals surface area contributed by atoms with Crippen LogP contribution in [0.5, 0.6) is 0 Å². The number of rotatable bonds is 4. The van der Waals surface area contributed by atoms with Crippen LogP contribution in [0.4, 0.5) is 0 Å². The molecule has 2 aromatic carbocycles. The molecule has 138 valence electrons. The number of carbonyl (C=O) groups is 1. The Bertz CT molecular complexity index is 1190. The fourth-order valence-corrected chi connectivity index (χ4v) is 3.84. The molecule has 0 atom stereocenters. The Hall–Kier alpha value is -3.47. The average Bonchev–Trinajstić information content (AvgIpc) is 3.29. The van der Waals surface area contributed by atoms with E-state index in [1.54, 1.807) is 6.20 Å². The Balaban J connectivity index is 1.37. The molecule has 4 aromatic rings. The van der Waals surface area contributed by atoms with E-state index in [0.717, 1.165) is 51.2 Å². The summed E-state index contributed by atoms with van der Waals surface area (Å²) >= 11 is 0. The van der Waals surface area contributed by atoms with Gasteiger partial charge in [0.25, 0.3) is 5.91 Å².